The number of rotatable bonds is 8. The first kappa shape index (κ1) is 21.2. The van der Waals surface area contributed by atoms with Crippen molar-refractivity contribution >= 4 is 39.1 Å². The van der Waals surface area contributed by atoms with Gasteiger partial charge in [-0.25, -0.2) is 4.79 Å². The molecule has 0 fully saturated rings. The number of hydrogen-bond acceptors (Lipinski definition) is 7. The molecule has 0 bridgehead atoms. The summed E-state index contributed by atoms with van der Waals surface area (Å²) in [6.07, 6.45) is 0.195. The number of benzene rings is 1. The second kappa shape index (κ2) is 9.80. The van der Waals surface area contributed by atoms with Crippen molar-refractivity contribution in [2.75, 3.05) is 0 Å². The minimum Gasteiger partial charge on any atom is -0.454 e. The Morgan fingerprint density at radius 2 is 1.93 bits per heavy atom. The Morgan fingerprint density at radius 1 is 1.17 bits per heavy atom. The van der Waals surface area contributed by atoms with E-state index in [0.29, 0.717) is 5.89 Å². The van der Waals surface area contributed by atoms with Crippen LogP contribution in [0.5, 0.6) is 0 Å². The summed E-state index contributed by atoms with van der Waals surface area (Å²) in [5, 5.41) is 10.6. The van der Waals surface area contributed by atoms with Gasteiger partial charge >= 0.3 is 5.97 Å². The standard InChI is InChI=1S/C20H20BrN3O4S/c1-12(2)18(22-16(25)10-13-6-4-3-5-7-13)20(26)27-11-17-23-24-19(28-17)14-8-9-15(21)29-14/h3-9,12,18H,10-11H2,1-2H3,(H,22,25)/t18-/m0/s1. The van der Waals surface area contributed by atoms with E-state index < -0.39 is 12.0 Å². The number of nitrogens with zero attached hydrogens (tertiary/aromatic N) is 2. The normalized spacial score (nSPS) is 12.0. The van der Waals surface area contributed by atoms with Crippen LogP contribution in [0.4, 0.5) is 0 Å². The van der Waals surface area contributed by atoms with E-state index in [1.165, 1.54) is 11.3 Å². The lowest BCUT2D eigenvalue weighted by Crippen LogP contribution is -2.45. The number of hydrogen-bond donors (Lipinski definition) is 1. The maximum Gasteiger partial charge on any atom is 0.329 e. The van der Waals surface area contributed by atoms with Crippen LogP contribution in [-0.4, -0.2) is 28.1 Å². The second-order valence-corrected chi connectivity index (χ2v) is 9.13. The lowest BCUT2D eigenvalue weighted by atomic mass is 10.0. The van der Waals surface area contributed by atoms with Crippen molar-refractivity contribution in [2.45, 2.75) is 32.9 Å². The molecule has 152 valence electrons. The number of carbonyl (C=O) groups is 2. The van der Waals surface area contributed by atoms with Gasteiger partial charge in [-0.05, 0) is 39.5 Å². The Morgan fingerprint density at radius 3 is 2.59 bits per heavy atom. The van der Waals surface area contributed by atoms with E-state index in [9.17, 15) is 9.59 Å². The summed E-state index contributed by atoms with van der Waals surface area (Å²) in [5.74, 6) is -0.363. The highest BCUT2D eigenvalue weighted by Crippen LogP contribution is 2.30. The van der Waals surface area contributed by atoms with Gasteiger partial charge in [0.2, 0.25) is 5.91 Å². The van der Waals surface area contributed by atoms with E-state index in [4.69, 9.17) is 9.15 Å². The molecule has 0 radical (unpaired) electrons. The zero-order valence-electron chi connectivity index (χ0n) is 15.9. The van der Waals surface area contributed by atoms with Crippen molar-refractivity contribution in [1.29, 1.82) is 0 Å². The Kier molecular flexibility index (Phi) is 7.16. The number of thiophene rings is 1. The molecule has 3 aromatic rings. The average Bonchev–Trinajstić information content (AvgIpc) is 3.33. The van der Waals surface area contributed by atoms with E-state index in [1.54, 1.807) is 0 Å². The van der Waals surface area contributed by atoms with Gasteiger partial charge < -0.3 is 14.5 Å². The maximum absolute atomic E-state index is 12.5. The first-order chi connectivity index (χ1) is 13.9. The molecule has 1 atom stereocenters. The van der Waals surface area contributed by atoms with Gasteiger partial charge in [-0.3, -0.25) is 4.79 Å². The second-order valence-electron chi connectivity index (χ2n) is 6.66. The maximum atomic E-state index is 12.5. The minimum atomic E-state index is -0.762. The van der Waals surface area contributed by atoms with Crippen LogP contribution in [0.3, 0.4) is 0 Å². The lowest BCUT2D eigenvalue weighted by molar-refractivity contribution is -0.151. The monoisotopic (exact) mass is 477 g/mol. The predicted molar refractivity (Wildman–Crippen MR) is 112 cm³/mol. The largest absolute Gasteiger partial charge is 0.454 e. The molecule has 0 spiro atoms. The summed E-state index contributed by atoms with van der Waals surface area (Å²) in [6, 6.07) is 12.3. The third-order valence-electron chi connectivity index (χ3n) is 4.03. The topological polar surface area (TPSA) is 94.3 Å². The van der Waals surface area contributed by atoms with E-state index in [2.05, 4.69) is 31.4 Å². The van der Waals surface area contributed by atoms with Gasteiger partial charge in [0, 0.05) is 0 Å². The number of esters is 1. The molecule has 0 aliphatic carbocycles. The molecule has 2 heterocycles. The molecule has 0 saturated heterocycles. The van der Waals surface area contributed by atoms with E-state index in [1.807, 2.05) is 56.3 Å². The molecule has 3 rings (SSSR count). The number of ether oxygens (including phenoxy) is 1. The Labute approximate surface area is 180 Å². The zero-order valence-corrected chi connectivity index (χ0v) is 18.3. The fourth-order valence-electron chi connectivity index (χ4n) is 2.57. The van der Waals surface area contributed by atoms with Crippen molar-refractivity contribution in [3.8, 4) is 10.8 Å². The Bertz CT molecular complexity index is 971. The molecule has 1 aromatic carbocycles. The van der Waals surface area contributed by atoms with Gasteiger partial charge in [0.05, 0.1) is 15.1 Å². The zero-order chi connectivity index (χ0) is 20.8. The lowest BCUT2D eigenvalue weighted by Gasteiger charge is -2.20. The number of carbonyl (C=O) groups excluding carboxylic acids is 2. The first-order valence-corrected chi connectivity index (χ1v) is 10.6. The van der Waals surface area contributed by atoms with Crippen LogP contribution in [-0.2, 0) is 27.4 Å². The van der Waals surface area contributed by atoms with Crippen LogP contribution < -0.4 is 5.32 Å². The Balaban J connectivity index is 1.55. The molecule has 9 heteroatoms. The number of nitrogens with one attached hydrogen (secondary N) is 1. The van der Waals surface area contributed by atoms with Gasteiger partial charge in [0.1, 0.15) is 6.04 Å². The van der Waals surface area contributed by atoms with Crippen molar-refractivity contribution in [1.82, 2.24) is 15.5 Å². The first-order valence-electron chi connectivity index (χ1n) is 9.00. The van der Waals surface area contributed by atoms with E-state index >= 15 is 0 Å². The molecule has 29 heavy (non-hydrogen) atoms. The highest BCUT2D eigenvalue weighted by Gasteiger charge is 2.26. The van der Waals surface area contributed by atoms with Crippen LogP contribution in [0.1, 0.15) is 25.3 Å². The quantitative estimate of drug-likeness (QED) is 0.492. The van der Waals surface area contributed by atoms with Crippen LogP contribution in [0.25, 0.3) is 10.8 Å². The number of halogens is 1. The van der Waals surface area contributed by atoms with Crippen molar-refractivity contribution in [2.24, 2.45) is 5.92 Å². The molecular weight excluding hydrogens is 458 g/mol. The van der Waals surface area contributed by atoms with Gasteiger partial charge in [-0.1, -0.05) is 44.2 Å². The molecule has 1 amide bonds. The van der Waals surface area contributed by atoms with Crippen molar-refractivity contribution in [3.63, 3.8) is 0 Å². The summed E-state index contributed by atoms with van der Waals surface area (Å²) in [4.78, 5) is 25.6. The summed E-state index contributed by atoms with van der Waals surface area (Å²) in [7, 11) is 0. The molecular formula is C20H20BrN3O4S. The summed E-state index contributed by atoms with van der Waals surface area (Å²) in [5.41, 5.74) is 0.875. The Hall–Kier alpha value is -2.52. The smallest absolute Gasteiger partial charge is 0.329 e. The fourth-order valence-corrected chi connectivity index (χ4v) is 3.87. The van der Waals surface area contributed by atoms with Gasteiger partial charge in [-0.15, -0.1) is 21.5 Å². The fraction of sp³-hybridized carbons (Fsp3) is 0.300. The van der Waals surface area contributed by atoms with Crippen molar-refractivity contribution in [3.05, 3.63) is 57.7 Å². The van der Waals surface area contributed by atoms with Crippen LogP contribution in [0, 0.1) is 5.92 Å². The predicted octanol–water partition coefficient (Wildman–Crippen LogP) is 3.99. The van der Waals surface area contributed by atoms with Crippen molar-refractivity contribution < 1.29 is 18.7 Å². The number of amides is 1. The SMILES string of the molecule is CC(C)[C@H](NC(=O)Cc1ccccc1)C(=O)OCc1nnc(-c2ccc(Br)s2)o1. The molecule has 0 aliphatic heterocycles. The van der Waals surface area contributed by atoms with Crippen LogP contribution in [0.15, 0.2) is 50.7 Å². The summed E-state index contributed by atoms with van der Waals surface area (Å²) >= 11 is 4.84. The van der Waals surface area contributed by atoms with Crippen LogP contribution in [0.2, 0.25) is 0 Å². The number of aromatic nitrogens is 2. The van der Waals surface area contributed by atoms with E-state index in [-0.39, 0.29) is 30.7 Å². The minimum absolute atomic E-state index is 0.135. The van der Waals surface area contributed by atoms with Crippen LogP contribution >= 0.6 is 27.3 Å². The summed E-state index contributed by atoms with van der Waals surface area (Å²) < 4.78 is 11.8. The molecule has 0 saturated carbocycles. The average molecular weight is 478 g/mol. The molecule has 2 aromatic heterocycles. The van der Waals surface area contributed by atoms with Gasteiger partial charge in [0.15, 0.2) is 6.61 Å². The highest BCUT2D eigenvalue weighted by molar-refractivity contribution is 9.11. The molecule has 0 aliphatic rings. The van der Waals surface area contributed by atoms with E-state index in [0.717, 1.165) is 14.2 Å². The third-order valence-corrected chi connectivity index (χ3v) is 5.64. The third kappa shape index (κ3) is 5.98. The molecule has 0 unspecified atom stereocenters. The van der Waals surface area contributed by atoms with Gasteiger partial charge in [-0.2, -0.15) is 0 Å². The summed E-state index contributed by atoms with van der Waals surface area (Å²) in [6.45, 7) is 3.53. The molecule has 7 nitrogen and oxygen atoms in total. The molecule has 1 N–H and O–H groups in total. The highest BCUT2D eigenvalue weighted by atomic mass is 79.9. The van der Waals surface area contributed by atoms with Gasteiger partial charge in [0.25, 0.3) is 11.8 Å².